The highest BCUT2D eigenvalue weighted by Crippen LogP contribution is 2.24. The Labute approximate surface area is 127 Å². The van der Waals surface area contributed by atoms with E-state index in [1.54, 1.807) is 7.11 Å². The van der Waals surface area contributed by atoms with Crippen LogP contribution in [0.5, 0.6) is 11.5 Å². The van der Waals surface area contributed by atoms with Crippen LogP contribution >= 0.6 is 0 Å². The summed E-state index contributed by atoms with van der Waals surface area (Å²) in [5.74, 6) is 1.37. The molecule has 5 heteroatoms. The van der Waals surface area contributed by atoms with Crippen molar-refractivity contribution < 1.29 is 14.3 Å². The monoisotopic (exact) mass is 294 g/mol. The lowest BCUT2D eigenvalue weighted by Crippen LogP contribution is -2.34. The van der Waals surface area contributed by atoms with Crippen molar-refractivity contribution in [3.8, 4) is 11.5 Å². The van der Waals surface area contributed by atoms with Crippen LogP contribution in [0.25, 0.3) is 0 Å². The zero-order valence-corrected chi connectivity index (χ0v) is 13.4. The number of amides is 1. The highest BCUT2D eigenvalue weighted by Gasteiger charge is 2.09. The van der Waals surface area contributed by atoms with Gasteiger partial charge < -0.3 is 20.1 Å². The summed E-state index contributed by atoms with van der Waals surface area (Å²) in [6.45, 7) is 7.60. The first-order chi connectivity index (χ1) is 10.1. The van der Waals surface area contributed by atoms with Crippen molar-refractivity contribution in [1.82, 2.24) is 10.6 Å². The van der Waals surface area contributed by atoms with Crippen molar-refractivity contribution in [2.45, 2.75) is 39.8 Å². The number of hydrogen-bond acceptors (Lipinski definition) is 4. The molecule has 0 bridgehead atoms. The maximum absolute atomic E-state index is 11.6. The molecular weight excluding hydrogens is 268 g/mol. The Morgan fingerprint density at radius 2 is 2.10 bits per heavy atom. The number of rotatable bonds is 9. The molecule has 0 fully saturated rings. The number of ether oxygens (including phenoxy) is 2. The maximum atomic E-state index is 11.6. The van der Waals surface area contributed by atoms with Crippen LogP contribution in [-0.4, -0.2) is 32.2 Å². The zero-order valence-electron chi connectivity index (χ0n) is 13.4. The van der Waals surface area contributed by atoms with Crippen LogP contribution in [0.4, 0.5) is 0 Å². The van der Waals surface area contributed by atoms with Crippen molar-refractivity contribution in [1.29, 1.82) is 0 Å². The van der Waals surface area contributed by atoms with E-state index in [0.717, 1.165) is 24.3 Å². The number of carbonyl (C=O) groups excluding carboxylic acids is 1. The second kappa shape index (κ2) is 9.23. The van der Waals surface area contributed by atoms with Crippen molar-refractivity contribution >= 4 is 5.91 Å². The standard InChI is InChI=1S/C16H26N2O3/c1-5-8-17-10-13-9-14(20-4)6-7-15(13)21-11-16(19)18-12(2)3/h6-7,9,12,17H,5,8,10-11H2,1-4H3,(H,18,19). The van der Waals surface area contributed by atoms with E-state index in [0.29, 0.717) is 12.3 Å². The summed E-state index contributed by atoms with van der Waals surface area (Å²) in [6.07, 6.45) is 1.07. The van der Waals surface area contributed by atoms with Gasteiger partial charge in [-0.05, 0) is 45.0 Å². The number of methoxy groups -OCH3 is 1. The van der Waals surface area contributed by atoms with Crippen LogP contribution in [-0.2, 0) is 11.3 Å². The summed E-state index contributed by atoms with van der Waals surface area (Å²) in [6, 6.07) is 5.71. The van der Waals surface area contributed by atoms with E-state index in [9.17, 15) is 4.79 Å². The molecule has 0 aliphatic rings. The molecule has 0 spiro atoms. The fourth-order valence-electron chi connectivity index (χ4n) is 1.87. The first kappa shape index (κ1) is 17.3. The Hall–Kier alpha value is -1.75. The van der Waals surface area contributed by atoms with Crippen LogP contribution in [0.2, 0.25) is 0 Å². The highest BCUT2D eigenvalue weighted by atomic mass is 16.5. The van der Waals surface area contributed by atoms with E-state index in [2.05, 4.69) is 17.6 Å². The Morgan fingerprint density at radius 3 is 2.71 bits per heavy atom. The zero-order chi connectivity index (χ0) is 15.7. The summed E-state index contributed by atoms with van der Waals surface area (Å²) in [5.41, 5.74) is 0.986. The van der Waals surface area contributed by atoms with Crippen molar-refractivity contribution in [2.24, 2.45) is 0 Å². The predicted octanol–water partition coefficient (Wildman–Crippen LogP) is 2.10. The maximum Gasteiger partial charge on any atom is 0.258 e. The number of nitrogens with one attached hydrogen (secondary N) is 2. The van der Waals surface area contributed by atoms with E-state index < -0.39 is 0 Å². The van der Waals surface area contributed by atoms with E-state index in [-0.39, 0.29) is 18.6 Å². The minimum absolute atomic E-state index is 0.0191. The Morgan fingerprint density at radius 1 is 1.33 bits per heavy atom. The van der Waals surface area contributed by atoms with Gasteiger partial charge in [0.2, 0.25) is 0 Å². The summed E-state index contributed by atoms with van der Waals surface area (Å²) in [5, 5.41) is 6.13. The highest BCUT2D eigenvalue weighted by molar-refractivity contribution is 5.77. The first-order valence-corrected chi connectivity index (χ1v) is 7.36. The van der Waals surface area contributed by atoms with Crippen molar-refractivity contribution in [2.75, 3.05) is 20.3 Å². The molecule has 1 aromatic carbocycles. The number of hydrogen-bond donors (Lipinski definition) is 2. The van der Waals surface area contributed by atoms with Crippen molar-refractivity contribution in [3.63, 3.8) is 0 Å². The molecule has 0 unspecified atom stereocenters. The Bertz CT molecular complexity index is 447. The minimum atomic E-state index is -0.117. The van der Waals surface area contributed by atoms with Gasteiger partial charge in [0.15, 0.2) is 6.61 Å². The molecule has 0 aliphatic heterocycles. The number of benzene rings is 1. The van der Waals surface area contributed by atoms with Gasteiger partial charge in [-0.2, -0.15) is 0 Å². The third kappa shape index (κ3) is 6.49. The fourth-order valence-corrected chi connectivity index (χ4v) is 1.87. The molecule has 118 valence electrons. The second-order valence-corrected chi connectivity index (χ2v) is 5.16. The SMILES string of the molecule is CCCNCc1cc(OC)ccc1OCC(=O)NC(C)C. The normalized spacial score (nSPS) is 10.5. The topological polar surface area (TPSA) is 59.6 Å². The van der Waals surface area contributed by atoms with Crippen LogP contribution in [0.3, 0.4) is 0 Å². The third-order valence-corrected chi connectivity index (χ3v) is 2.82. The van der Waals surface area contributed by atoms with E-state index in [1.807, 2.05) is 32.0 Å². The van der Waals surface area contributed by atoms with Gasteiger partial charge in [0.1, 0.15) is 11.5 Å². The predicted molar refractivity (Wildman–Crippen MR) is 83.8 cm³/mol. The molecule has 0 radical (unpaired) electrons. The molecule has 0 aromatic heterocycles. The summed E-state index contributed by atoms with van der Waals surface area (Å²) >= 11 is 0. The van der Waals surface area contributed by atoms with Gasteiger partial charge in [-0.3, -0.25) is 4.79 Å². The molecule has 0 heterocycles. The van der Waals surface area contributed by atoms with Crippen molar-refractivity contribution in [3.05, 3.63) is 23.8 Å². The summed E-state index contributed by atoms with van der Waals surface area (Å²) < 4.78 is 10.9. The van der Waals surface area contributed by atoms with Crippen LogP contribution in [0.15, 0.2) is 18.2 Å². The molecule has 0 saturated heterocycles. The average Bonchev–Trinajstić information content (AvgIpc) is 2.45. The number of carbonyl (C=O) groups is 1. The van der Waals surface area contributed by atoms with Gasteiger partial charge >= 0.3 is 0 Å². The summed E-state index contributed by atoms with van der Waals surface area (Å²) in [7, 11) is 1.63. The van der Waals surface area contributed by atoms with Gasteiger partial charge in [0, 0.05) is 18.2 Å². The van der Waals surface area contributed by atoms with Gasteiger partial charge in [0.05, 0.1) is 7.11 Å². The molecule has 1 aromatic rings. The van der Waals surface area contributed by atoms with Crippen LogP contribution in [0, 0.1) is 0 Å². The first-order valence-electron chi connectivity index (χ1n) is 7.36. The molecule has 2 N–H and O–H groups in total. The molecule has 0 saturated carbocycles. The lowest BCUT2D eigenvalue weighted by Gasteiger charge is -2.14. The van der Waals surface area contributed by atoms with Gasteiger partial charge in [-0.15, -0.1) is 0 Å². The van der Waals surface area contributed by atoms with Crippen LogP contribution < -0.4 is 20.1 Å². The smallest absolute Gasteiger partial charge is 0.258 e. The molecule has 1 rings (SSSR count). The Balaban J connectivity index is 2.68. The van der Waals surface area contributed by atoms with Crippen LogP contribution in [0.1, 0.15) is 32.8 Å². The molecule has 5 nitrogen and oxygen atoms in total. The van der Waals surface area contributed by atoms with Gasteiger partial charge in [-0.1, -0.05) is 6.92 Å². The second-order valence-electron chi connectivity index (χ2n) is 5.16. The third-order valence-electron chi connectivity index (χ3n) is 2.82. The van der Waals surface area contributed by atoms with E-state index in [1.165, 1.54) is 0 Å². The lowest BCUT2D eigenvalue weighted by molar-refractivity contribution is -0.123. The summed E-state index contributed by atoms with van der Waals surface area (Å²) in [4.78, 5) is 11.6. The molecular formula is C16H26N2O3. The fraction of sp³-hybridized carbons (Fsp3) is 0.562. The molecule has 0 atom stereocenters. The van der Waals surface area contributed by atoms with Gasteiger partial charge in [0.25, 0.3) is 5.91 Å². The molecule has 0 aliphatic carbocycles. The minimum Gasteiger partial charge on any atom is -0.497 e. The van der Waals surface area contributed by atoms with E-state index in [4.69, 9.17) is 9.47 Å². The largest absolute Gasteiger partial charge is 0.497 e. The van der Waals surface area contributed by atoms with Gasteiger partial charge in [-0.25, -0.2) is 0 Å². The quantitative estimate of drug-likeness (QED) is 0.685. The lowest BCUT2D eigenvalue weighted by atomic mass is 10.2. The Kier molecular flexibility index (Phi) is 7.61. The average molecular weight is 294 g/mol. The molecule has 21 heavy (non-hydrogen) atoms. The molecule has 1 amide bonds. The van der Waals surface area contributed by atoms with E-state index >= 15 is 0 Å².